The molecule has 1 N–H and O–H groups in total. The number of aryl methyl sites for hydroxylation is 1. The van der Waals surface area contributed by atoms with E-state index in [1.165, 1.54) is 17.3 Å². The zero-order valence-corrected chi connectivity index (χ0v) is 18.6. The van der Waals surface area contributed by atoms with E-state index in [4.69, 9.17) is 4.74 Å². The van der Waals surface area contributed by atoms with E-state index in [9.17, 15) is 4.79 Å². The van der Waals surface area contributed by atoms with Gasteiger partial charge in [-0.1, -0.05) is 59.8 Å². The second-order valence-corrected chi connectivity index (χ2v) is 8.82. The largest absolute Gasteiger partial charge is 0.378 e. The molecule has 1 atom stereocenters. The Kier molecular flexibility index (Phi) is 6.89. The van der Waals surface area contributed by atoms with Gasteiger partial charge in [0, 0.05) is 19.6 Å². The van der Waals surface area contributed by atoms with Crippen molar-refractivity contribution in [3.63, 3.8) is 0 Å². The van der Waals surface area contributed by atoms with Gasteiger partial charge in [0.25, 0.3) is 0 Å². The zero-order valence-electron chi connectivity index (χ0n) is 17.8. The molecule has 0 aliphatic carbocycles. The summed E-state index contributed by atoms with van der Waals surface area (Å²) < 4.78 is 7.51. The summed E-state index contributed by atoms with van der Waals surface area (Å²) >= 11 is 1.41. The first-order valence-electron chi connectivity index (χ1n) is 10.5. The lowest BCUT2D eigenvalue weighted by molar-refractivity contribution is -0.120. The molecule has 1 amide bonds. The van der Waals surface area contributed by atoms with Gasteiger partial charge >= 0.3 is 0 Å². The van der Waals surface area contributed by atoms with Crippen molar-refractivity contribution in [2.75, 3.05) is 31.2 Å². The lowest BCUT2D eigenvalue weighted by Crippen LogP contribution is -2.38. The molecule has 8 heteroatoms. The number of nitrogens with zero attached hydrogens (tertiary/aromatic N) is 4. The molecule has 0 saturated carbocycles. The molecule has 3 aromatic rings. The Labute approximate surface area is 186 Å². The third-order valence-electron chi connectivity index (χ3n) is 5.16. The van der Waals surface area contributed by atoms with Gasteiger partial charge in [0.1, 0.15) is 0 Å². The van der Waals surface area contributed by atoms with Gasteiger partial charge in [-0.15, -0.1) is 10.2 Å². The average Bonchev–Trinajstić information content (AvgIpc) is 3.23. The van der Waals surface area contributed by atoms with Gasteiger partial charge in [-0.3, -0.25) is 9.36 Å². The van der Waals surface area contributed by atoms with Gasteiger partial charge in [0.05, 0.1) is 24.2 Å². The van der Waals surface area contributed by atoms with E-state index in [1.807, 2.05) is 54.0 Å². The fourth-order valence-electron chi connectivity index (χ4n) is 3.36. The average molecular weight is 438 g/mol. The molecule has 2 aromatic carbocycles. The molecule has 0 bridgehead atoms. The maximum atomic E-state index is 12.7. The van der Waals surface area contributed by atoms with E-state index in [-0.39, 0.29) is 11.2 Å². The molecule has 1 unspecified atom stereocenters. The van der Waals surface area contributed by atoms with Crippen LogP contribution in [0.5, 0.6) is 0 Å². The monoisotopic (exact) mass is 437 g/mol. The number of anilines is 1. The number of thioether (sulfide) groups is 1. The van der Waals surface area contributed by atoms with Crippen LogP contribution in [0.1, 0.15) is 18.1 Å². The van der Waals surface area contributed by atoms with Crippen LogP contribution in [0, 0.1) is 6.92 Å². The number of para-hydroxylation sites is 1. The summed E-state index contributed by atoms with van der Waals surface area (Å²) in [5, 5.41) is 12.3. The Morgan fingerprint density at radius 3 is 2.52 bits per heavy atom. The summed E-state index contributed by atoms with van der Waals surface area (Å²) in [7, 11) is 0. The van der Waals surface area contributed by atoms with Crippen LogP contribution in [0.3, 0.4) is 0 Å². The van der Waals surface area contributed by atoms with Gasteiger partial charge in [0.2, 0.25) is 11.9 Å². The Morgan fingerprint density at radius 2 is 1.81 bits per heavy atom. The topological polar surface area (TPSA) is 72.3 Å². The molecule has 1 aliphatic rings. The molecule has 162 valence electrons. The van der Waals surface area contributed by atoms with Crippen LogP contribution >= 0.6 is 11.8 Å². The first-order chi connectivity index (χ1) is 15.1. The first kappa shape index (κ1) is 21.4. The smallest absolute Gasteiger partial charge is 0.233 e. The van der Waals surface area contributed by atoms with Crippen molar-refractivity contribution in [1.29, 1.82) is 0 Å². The molecule has 31 heavy (non-hydrogen) atoms. The van der Waals surface area contributed by atoms with Crippen molar-refractivity contribution in [2.45, 2.75) is 30.8 Å². The maximum Gasteiger partial charge on any atom is 0.233 e. The highest BCUT2D eigenvalue weighted by atomic mass is 32.2. The van der Waals surface area contributed by atoms with Gasteiger partial charge in [-0.25, -0.2) is 0 Å². The molecule has 1 aromatic heterocycles. The van der Waals surface area contributed by atoms with Crippen LogP contribution in [-0.4, -0.2) is 52.2 Å². The minimum Gasteiger partial charge on any atom is -0.378 e. The predicted octanol–water partition coefficient (Wildman–Crippen LogP) is 3.21. The Bertz CT molecular complexity index is 1000. The third-order valence-corrected chi connectivity index (χ3v) is 6.21. The molecule has 1 saturated heterocycles. The van der Waals surface area contributed by atoms with Crippen molar-refractivity contribution in [3.8, 4) is 5.69 Å². The number of aromatic nitrogens is 3. The highest BCUT2D eigenvalue weighted by Crippen LogP contribution is 2.29. The molecule has 7 nitrogen and oxygen atoms in total. The number of nitrogens with one attached hydrogen (secondary N) is 1. The summed E-state index contributed by atoms with van der Waals surface area (Å²) in [5.74, 6) is 0.755. The maximum absolute atomic E-state index is 12.7. The van der Waals surface area contributed by atoms with E-state index in [0.29, 0.717) is 24.9 Å². The molecular weight excluding hydrogens is 410 g/mol. The van der Waals surface area contributed by atoms with E-state index in [1.54, 1.807) is 0 Å². The number of hydrogen-bond donors (Lipinski definition) is 1. The van der Waals surface area contributed by atoms with Crippen molar-refractivity contribution >= 4 is 23.6 Å². The van der Waals surface area contributed by atoms with Crippen LogP contribution in [0.15, 0.2) is 59.8 Å². The van der Waals surface area contributed by atoms with Crippen LogP contribution in [0.25, 0.3) is 5.69 Å². The number of amides is 1. The minimum absolute atomic E-state index is 0.0268. The van der Waals surface area contributed by atoms with Crippen LogP contribution in [0.4, 0.5) is 5.95 Å². The minimum atomic E-state index is -0.311. The summed E-state index contributed by atoms with van der Waals surface area (Å²) in [6, 6.07) is 18.2. The van der Waals surface area contributed by atoms with Crippen LogP contribution in [0.2, 0.25) is 0 Å². The molecule has 1 fully saturated rings. The van der Waals surface area contributed by atoms with Crippen molar-refractivity contribution in [1.82, 2.24) is 20.1 Å². The molecule has 4 rings (SSSR count). The van der Waals surface area contributed by atoms with E-state index in [2.05, 4.69) is 39.5 Å². The lowest BCUT2D eigenvalue weighted by Gasteiger charge is -2.28. The third kappa shape index (κ3) is 5.26. The summed E-state index contributed by atoms with van der Waals surface area (Å²) in [6.45, 7) is 7.32. The van der Waals surface area contributed by atoms with Crippen molar-refractivity contribution < 1.29 is 9.53 Å². The standard InChI is InChI=1S/C23H27N5O2S/c1-17-8-10-19(11-9-17)16-24-21(29)18(2)31-23-26-25-22(27-12-14-30-15-13-27)28(23)20-6-4-3-5-7-20/h3-11,18H,12-16H2,1-2H3,(H,24,29). The number of carbonyl (C=O) groups is 1. The highest BCUT2D eigenvalue weighted by molar-refractivity contribution is 8.00. The van der Waals surface area contributed by atoms with Gasteiger partial charge in [0.15, 0.2) is 5.16 Å². The van der Waals surface area contributed by atoms with Gasteiger partial charge < -0.3 is 15.0 Å². The number of morpholine rings is 1. The Hall–Kier alpha value is -2.84. The Morgan fingerprint density at radius 1 is 1.10 bits per heavy atom. The van der Waals surface area contributed by atoms with Gasteiger partial charge in [-0.2, -0.15) is 0 Å². The SMILES string of the molecule is Cc1ccc(CNC(=O)C(C)Sc2nnc(N3CCOCC3)n2-c2ccccc2)cc1. The number of rotatable bonds is 7. The lowest BCUT2D eigenvalue weighted by atomic mass is 10.1. The quantitative estimate of drug-likeness (QED) is 0.573. The molecule has 2 heterocycles. The van der Waals surface area contributed by atoms with Crippen LogP contribution in [-0.2, 0) is 16.1 Å². The number of ether oxygens (including phenoxy) is 1. The van der Waals surface area contributed by atoms with E-state index < -0.39 is 0 Å². The van der Waals surface area contributed by atoms with Crippen molar-refractivity contribution in [2.24, 2.45) is 0 Å². The van der Waals surface area contributed by atoms with E-state index in [0.717, 1.165) is 30.3 Å². The fraction of sp³-hybridized carbons (Fsp3) is 0.348. The molecule has 0 spiro atoms. The fourth-order valence-corrected chi connectivity index (χ4v) is 4.25. The summed E-state index contributed by atoms with van der Waals surface area (Å²) in [4.78, 5) is 14.9. The van der Waals surface area contributed by atoms with E-state index >= 15 is 0 Å². The number of carbonyl (C=O) groups excluding carboxylic acids is 1. The molecular formula is C23H27N5O2S. The van der Waals surface area contributed by atoms with Crippen LogP contribution < -0.4 is 10.2 Å². The zero-order chi connectivity index (χ0) is 21.6. The van der Waals surface area contributed by atoms with Crippen molar-refractivity contribution in [3.05, 3.63) is 65.7 Å². The second kappa shape index (κ2) is 9.98. The second-order valence-electron chi connectivity index (χ2n) is 7.52. The molecule has 0 radical (unpaired) electrons. The highest BCUT2D eigenvalue weighted by Gasteiger charge is 2.24. The normalized spacial score (nSPS) is 15.0. The van der Waals surface area contributed by atoms with Gasteiger partial charge in [-0.05, 0) is 31.5 Å². The Balaban J connectivity index is 1.49. The summed E-state index contributed by atoms with van der Waals surface area (Å²) in [5.41, 5.74) is 3.26. The first-order valence-corrected chi connectivity index (χ1v) is 11.3. The molecule has 1 aliphatic heterocycles. The summed E-state index contributed by atoms with van der Waals surface area (Å²) in [6.07, 6.45) is 0. The number of benzene rings is 2. The number of hydrogen-bond acceptors (Lipinski definition) is 6. The predicted molar refractivity (Wildman–Crippen MR) is 123 cm³/mol.